The average molecular weight is 562 g/mol. The van der Waals surface area contributed by atoms with Crippen LogP contribution in [0.5, 0.6) is 5.75 Å². The number of carboxylic acids is 1. The lowest BCUT2D eigenvalue weighted by molar-refractivity contribution is -0.143. The highest BCUT2D eigenvalue weighted by molar-refractivity contribution is 5.94. The number of hydrogen-bond acceptors (Lipinski definition) is 5. The van der Waals surface area contributed by atoms with Crippen LogP contribution in [0.25, 0.3) is 11.3 Å². The molecule has 1 atom stereocenters. The van der Waals surface area contributed by atoms with Crippen LogP contribution >= 0.6 is 0 Å². The molecule has 0 saturated heterocycles. The fourth-order valence-electron chi connectivity index (χ4n) is 4.74. The highest BCUT2D eigenvalue weighted by Gasteiger charge is 2.20. The summed E-state index contributed by atoms with van der Waals surface area (Å²) in [5.74, 6) is -0.481. The van der Waals surface area contributed by atoms with Crippen LogP contribution in [0.3, 0.4) is 0 Å². The molecule has 220 valence electrons. The lowest BCUT2D eigenvalue weighted by Gasteiger charge is -2.25. The van der Waals surface area contributed by atoms with Gasteiger partial charge in [0, 0.05) is 30.2 Å². The number of benzene rings is 2. The zero-order chi connectivity index (χ0) is 29.6. The van der Waals surface area contributed by atoms with Crippen LogP contribution in [0.2, 0.25) is 0 Å². The number of aromatic nitrogens is 2. The highest BCUT2D eigenvalue weighted by Crippen LogP contribution is 2.19. The van der Waals surface area contributed by atoms with Gasteiger partial charge < -0.3 is 14.7 Å². The smallest absolute Gasteiger partial charge is 0.309 e. The third-order valence-corrected chi connectivity index (χ3v) is 7.14. The molecule has 0 saturated carbocycles. The van der Waals surface area contributed by atoms with E-state index in [9.17, 15) is 19.5 Å². The van der Waals surface area contributed by atoms with Crippen LogP contribution in [0.15, 0.2) is 65.5 Å². The van der Waals surface area contributed by atoms with Crippen LogP contribution in [0, 0.1) is 5.92 Å². The van der Waals surface area contributed by atoms with E-state index in [1.165, 1.54) is 6.07 Å². The molecule has 1 aromatic heterocycles. The molecule has 8 nitrogen and oxygen atoms in total. The van der Waals surface area contributed by atoms with Crippen LogP contribution in [-0.2, 0) is 17.9 Å². The van der Waals surface area contributed by atoms with Crippen molar-refractivity contribution in [2.24, 2.45) is 5.92 Å². The van der Waals surface area contributed by atoms with E-state index < -0.39 is 11.9 Å². The number of amides is 1. The Hall–Kier alpha value is -3.94. The summed E-state index contributed by atoms with van der Waals surface area (Å²) < 4.78 is 7.30. The molecule has 3 rings (SSSR count). The summed E-state index contributed by atoms with van der Waals surface area (Å²) in [6, 6.07) is 17.9. The minimum Gasteiger partial charge on any atom is -0.493 e. The molecule has 1 amide bonds. The second-order valence-electron chi connectivity index (χ2n) is 10.3. The molecular weight excluding hydrogens is 518 g/mol. The molecule has 0 aliphatic carbocycles. The highest BCUT2D eigenvalue weighted by atomic mass is 16.5. The quantitative estimate of drug-likeness (QED) is 0.191. The van der Waals surface area contributed by atoms with Gasteiger partial charge >= 0.3 is 5.97 Å². The van der Waals surface area contributed by atoms with Crippen molar-refractivity contribution >= 4 is 11.9 Å². The molecule has 0 radical (unpaired) electrons. The third-order valence-electron chi connectivity index (χ3n) is 7.14. The van der Waals surface area contributed by atoms with Crippen LogP contribution in [0.1, 0.15) is 81.9 Å². The van der Waals surface area contributed by atoms with Crippen LogP contribution < -0.4 is 10.3 Å². The van der Waals surface area contributed by atoms with E-state index >= 15 is 0 Å². The number of nitrogens with zero attached hydrogens (tertiary/aromatic N) is 3. The Morgan fingerprint density at radius 1 is 0.951 bits per heavy atom. The molecule has 0 spiro atoms. The van der Waals surface area contributed by atoms with Crippen molar-refractivity contribution in [1.82, 2.24) is 14.5 Å². The van der Waals surface area contributed by atoms with Gasteiger partial charge in [-0.15, -0.1) is 0 Å². The Kier molecular flexibility index (Phi) is 12.6. The second-order valence-corrected chi connectivity index (χ2v) is 10.3. The summed E-state index contributed by atoms with van der Waals surface area (Å²) in [6.07, 6.45) is 7.09. The minimum absolute atomic E-state index is 0.0784. The van der Waals surface area contributed by atoms with E-state index in [-0.39, 0.29) is 24.7 Å². The van der Waals surface area contributed by atoms with Crippen LogP contribution in [-0.4, -0.2) is 44.6 Å². The number of hydrogen-bond donors (Lipinski definition) is 1. The summed E-state index contributed by atoms with van der Waals surface area (Å²) in [4.78, 5) is 44.9. The molecule has 2 aromatic carbocycles. The first-order valence-electron chi connectivity index (χ1n) is 14.8. The van der Waals surface area contributed by atoms with Crippen molar-refractivity contribution in [1.29, 1.82) is 0 Å². The number of carbonyl (C=O) groups excluding carboxylic acids is 1. The lowest BCUT2D eigenvalue weighted by Crippen LogP contribution is -2.39. The predicted molar refractivity (Wildman–Crippen MR) is 161 cm³/mol. The molecule has 8 heteroatoms. The van der Waals surface area contributed by atoms with E-state index in [2.05, 4.69) is 6.92 Å². The molecule has 0 aliphatic rings. The number of ether oxygens (including phenoxy) is 1. The lowest BCUT2D eigenvalue weighted by atomic mass is 10.1. The van der Waals surface area contributed by atoms with Gasteiger partial charge in [-0.3, -0.25) is 19.0 Å². The van der Waals surface area contributed by atoms with Gasteiger partial charge in [0.25, 0.3) is 11.5 Å². The molecule has 41 heavy (non-hydrogen) atoms. The largest absolute Gasteiger partial charge is 0.493 e. The van der Waals surface area contributed by atoms with Crippen molar-refractivity contribution < 1.29 is 19.4 Å². The Morgan fingerprint density at radius 2 is 1.66 bits per heavy atom. The maximum atomic E-state index is 13.7. The van der Waals surface area contributed by atoms with Gasteiger partial charge in [0.05, 0.1) is 11.6 Å². The predicted octanol–water partition coefficient (Wildman–Crippen LogP) is 6.42. The zero-order valence-corrected chi connectivity index (χ0v) is 24.6. The summed E-state index contributed by atoms with van der Waals surface area (Å²) in [5, 5.41) is 9.37. The van der Waals surface area contributed by atoms with Crippen molar-refractivity contribution in [3.8, 4) is 17.0 Å². The summed E-state index contributed by atoms with van der Waals surface area (Å²) in [5.41, 5.74) is 1.79. The van der Waals surface area contributed by atoms with Crippen molar-refractivity contribution in [3.05, 3.63) is 82.4 Å². The molecule has 1 unspecified atom stereocenters. The average Bonchev–Trinajstić information content (AvgIpc) is 2.99. The van der Waals surface area contributed by atoms with E-state index in [1.54, 1.807) is 33.7 Å². The van der Waals surface area contributed by atoms with Gasteiger partial charge in [0.1, 0.15) is 24.8 Å². The van der Waals surface area contributed by atoms with Gasteiger partial charge in [-0.25, -0.2) is 4.98 Å². The Bertz CT molecular complexity index is 1300. The van der Waals surface area contributed by atoms with E-state index in [1.807, 2.05) is 44.2 Å². The Labute approximate surface area is 243 Å². The van der Waals surface area contributed by atoms with Gasteiger partial charge in [0.15, 0.2) is 0 Å². The summed E-state index contributed by atoms with van der Waals surface area (Å²) in [6.45, 7) is 6.78. The fraction of sp³-hybridized carbons (Fsp3) is 0.455. The summed E-state index contributed by atoms with van der Waals surface area (Å²) >= 11 is 0. The standard InChI is InChI=1S/C33H43N3O5/c1-4-7-8-9-13-21-35(24-36-30(6-3)34-29(22-31(36)37)25-15-11-10-12-16-25)32(38)26-17-19-28(20-18-26)41-23-27(14-5-2)33(39)40/h10-12,15-20,22,27H,4-9,13-14,21,23-24H2,1-3H3,(H,39,40). The molecule has 0 fully saturated rings. The number of carbonyl (C=O) groups is 2. The Balaban J connectivity index is 1.80. The third kappa shape index (κ3) is 9.30. The monoisotopic (exact) mass is 561 g/mol. The number of carboxylic acid groups (broad SMARTS) is 1. The maximum absolute atomic E-state index is 13.7. The molecule has 0 bridgehead atoms. The van der Waals surface area contributed by atoms with Gasteiger partial charge in [-0.2, -0.15) is 0 Å². The topological polar surface area (TPSA) is 102 Å². The van der Waals surface area contributed by atoms with Gasteiger partial charge in [-0.05, 0) is 37.1 Å². The number of aliphatic carboxylic acids is 1. The maximum Gasteiger partial charge on any atom is 0.309 e. The SMILES string of the molecule is CCCCCCCN(Cn1c(CC)nc(-c2ccccc2)cc1=O)C(=O)c1ccc(OCC(CCC)C(=O)O)cc1. The van der Waals surface area contributed by atoms with Crippen molar-refractivity contribution in [3.63, 3.8) is 0 Å². The van der Waals surface area contributed by atoms with Gasteiger partial charge in [0.2, 0.25) is 0 Å². The second kappa shape index (κ2) is 16.4. The first-order valence-corrected chi connectivity index (χ1v) is 14.8. The molecule has 1 heterocycles. The molecule has 1 N–H and O–H groups in total. The van der Waals surface area contributed by atoms with E-state index in [0.29, 0.717) is 42.2 Å². The minimum atomic E-state index is -0.874. The number of aryl methyl sites for hydroxylation is 1. The normalized spacial score (nSPS) is 11.7. The van der Waals surface area contributed by atoms with Crippen molar-refractivity contribution in [2.45, 2.75) is 78.8 Å². The zero-order valence-electron chi connectivity index (χ0n) is 24.6. The summed E-state index contributed by atoms with van der Waals surface area (Å²) in [7, 11) is 0. The van der Waals surface area contributed by atoms with Gasteiger partial charge in [-0.1, -0.05) is 83.2 Å². The van der Waals surface area contributed by atoms with Crippen LogP contribution in [0.4, 0.5) is 0 Å². The van der Waals surface area contributed by atoms with E-state index in [4.69, 9.17) is 9.72 Å². The molecule has 3 aromatic rings. The number of unbranched alkanes of at least 4 members (excludes halogenated alkanes) is 4. The molecular formula is C33H43N3O5. The Morgan fingerprint density at radius 3 is 2.29 bits per heavy atom. The fourth-order valence-corrected chi connectivity index (χ4v) is 4.74. The van der Waals surface area contributed by atoms with Crippen molar-refractivity contribution in [2.75, 3.05) is 13.2 Å². The first-order chi connectivity index (χ1) is 19.9. The first kappa shape index (κ1) is 31.6. The molecule has 0 aliphatic heterocycles. The number of rotatable bonds is 17. The van der Waals surface area contributed by atoms with E-state index in [0.717, 1.165) is 44.1 Å².